The Kier molecular flexibility index (Phi) is 4.02. The number of hydrogen-bond donors (Lipinski definition) is 2. The smallest absolute Gasteiger partial charge is 0.255 e. The third-order valence-corrected chi connectivity index (χ3v) is 2.55. The maximum atomic E-state index is 11.7. The van der Waals surface area contributed by atoms with Crippen LogP contribution >= 0.6 is 0 Å². The van der Waals surface area contributed by atoms with Gasteiger partial charge in [-0.2, -0.15) is 0 Å². The highest BCUT2D eigenvalue weighted by Gasteiger charge is 2.12. The standard InChI is InChI=1S/C13H14N2O4/c1-9-11(4-6-18-9)13(17)15-8-12(16)14-7-10-3-2-5-19-10/h2-6H,7-8H2,1H3,(H,14,16)(H,15,17). The van der Waals surface area contributed by atoms with Gasteiger partial charge in [-0.05, 0) is 25.1 Å². The van der Waals surface area contributed by atoms with Gasteiger partial charge in [0.1, 0.15) is 11.5 Å². The Morgan fingerprint density at radius 3 is 2.63 bits per heavy atom. The number of carbonyl (C=O) groups excluding carboxylic acids is 2. The third kappa shape index (κ3) is 3.48. The van der Waals surface area contributed by atoms with Gasteiger partial charge in [0.25, 0.3) is 5.91 Å². The van der Waals surface area contributed by atoms with Gasteiger partial charge in [-0.15, -0.1) is 0 Å². The Labute approximate surface area is 109 Å². The minimum absolute atomic E-state index is 0.0931. The van der Waals surface area contributed by atoms with Crippen molar-refractivity contribution in [2.75, 3.05) is 6.54 Å². The van der Waals surface area contributed by atoms with Gasteiger partial charge in [-0.1, -0.05) is 0 Å². The van der Waals surface area contributed by atoms with Crippen molar-refractivity contribution in [3.8, 4) is 0 Å². The second-order valence-corrected chi connectivity index (χ2v) is 3.93. The van der Waals surface area contributed by atoms with Gasteiger partial charge in [-0.3, -0.25) is 9.59 Å². The van der Waals surface area contributed by atoms with Crippen LogP contribution in [0.2, 0.25) is 0 Å². The number of amides is 2. The molecule has 2 rings (SSSR count). The maximum absolute atomic E-state index is 11.7. The lowest BCUT2D eigenvalue weighted by molar-refractivity contribution is -0.120. The largest absolute Gasteiger partial charge is 0.469 e. The molecule has 0 aliphatic rings. The minimum atomic E-state index is -0.334. The van der Waals surface area contributed by atoms with E-state index in [1.54, 1.807) is 25.1 Å². The van der Waals surface area contributed by atoms with Crippen molar-refractivity contribution in [2.45, 2.75) is 13.5 Å². The van der Waals surface area contributed by atoms with Crippen molar-refractivity contribution in [2.24, 2.45) is 0 Å². The molecule has 2 amide bonds. The summed E-state index contributed by atoms with van der Waals surface area (Å²) < 4.78 is 10.1. The highest BCUT2D eigenvalue weighted by atomic mass is 16.3. The Hall–Kier alpha value is -2.50. The van der Waals surface area contributed by atoms with E-state index in [-0.39, 0.29) is 18.4 Å². The summed E-state index contributed by atoms with van der Waals surface area (Å²) in [4.78, 5) is 23.2. The summed E-state index contributed by atoms with van der Waals surface area (Å²) in [5, 5.41) is 5.14. The Bertz CT molecular complexity index is 557. The van der Waals surface area contributed by atoms with Crippen molar-refractivity contribution >= 4 is 11.8 Å². The zero-order chi connectivity index (χ0) is 13.7. The topological polar surface area (TPSA) is 84.5 Å². The predicted molar refractivity (Wildman–Crippen MR) is 66.3 cm³/mol. The van der Waals surface area contributed by atoms with Gasteiger partial charge < -0.3 is 19.5 Å². The summed E-state index contributed by atoms with van der Waals surface area (Å²) in [5.74, 6) is 0.559. The first kappa shape index (κ1) is 12.9. The summed E-state index contributed by atoms with van der Waals surface area (Å²) in [6, 6.07) is 5.06. The summed E-state index contributed by atoms with van der Waals surface area (Å²) in [6.45, 7) is 1.89. The summed E-state index contributed by atoms with van der Waals surface area (Å²) in [6.07, 6.45) is 2.96. The van der Waals surface area contributed by atoms with E-state index in [1.807, 2.05) is 0 Å². The molecule has 0 saturated carbocycles. The van der Waals surface area contributed by atoms with Gasteiger partial charge in [0, 0.05) is 0 Å². The molecule has 2 aromatic rings. The van der Waals surface area contributed by atoms with E-state index in [9.17, 15) is 9.59 Å². The van der Waals surface area contributed by atoms with Gasteiger partial charge in [0.2, 0.25) is 5.91 Å². The first-order valence-corrected chi connectivity index (χ1v) is 5.78. The van der Waals surface area contributed by atoms with Crippen LogP contribution in [0.25, 0.3) is 0 Å². The first-order valence-electron chi connectivity index (χ1n) is 5.78. The van der Waals surface area contributed by atoms with Crippen LogP contribution in [0.3, 0.4) is 0 Å². The number of furan rings is 2. The maximum Gasteiger partial charge on any atom is 0.255 e. The van der Waals surface area contributed by atoms with Gasteiger partial charge in [-0.25, -0.2) is 0 Å². The number of hydrogen-bond acceptors (Lipinski definition) is 4. The second-order valence-electron chi connectivity index (χ2n) is 3.93. The molecule has 2 aromatic heterocycles. The monoisotopic (exact) mass is 262 g/mol. The number of rotatable bonds is 5. The highest BCUT2D eigenvalue weighted by Crippen LogP contribution is 2.07. The van der Waals surface area contributed by atoms with E-state index in [2.05, 4.69) is 10.6 Å². The fourth-order valence-corrected chi connectivity index (χ4v) is 1.54. The molecule has 0 aromatic carbocycles. The lowest BCUT2D eigenvalue weighted by Crippen LogP contribution is -2.36. The SMILES string of the molecule is Cc1occc1C(=O)NCC(=O)NCc1ccco1. The molecule has 0 saturated heterocycles. The van der Waals surface area contributed by atoms with Crippen molar-refractivity contribution in [1.82, 2.24) is 10.6 Å². The predicted octanol–water partition coefficient (Wildman–Crippen LogP) is 1.23. The quantitative estimate of drug-likeness (QED) is 0.848. The summed E-state index contributed by atoms with van der Waals surface area (Å²) >= 11 is 0. The molecule has 6 heteroatoms. The van der Waals surface area contributed by atoms with E-state index in [0.29, 0.717) is 23.6 Å². The van der Waals surface area contributed by atoms with Crippen molar-refractivity contribution in [1.29, 1.82) is 0 Å². The first-order chi connectivity index (χ1) is 9.16. The fourth-order valence-electron chi connectivity index (χ4n) is 1.54. The van der Waals surface area contributed by atoms with Crippen LogP contribution in [0, 0.1) is 6.92 Å². The van der Waals surface area contributed by atoms with E-state index >= 15 is 0 Å². The third-order valence-electron chi connectivity index (χ3n) is 2.55. The van der Waals surface area contributed by atoms with E-state index in [4.69, 9.17) is 8.83 Å². The second kappa shape index (κ2) is 5.90. The van der Waals surface area contributed by atoms with E-state index in [0.717, 1.165) is 0 Å². The van der Waals surface area contributed by atoms with Gasteiger partial charge >= 0.3 is 0 Å². The molecular weight excluding hydrogens is 248 g/mol. The van der Waals surface area contributed by atoms with Gasteiger partial charge in [0.05, 0.1) is 31.2 Å². The molecule has 0 aliphatic heterocycles. The van der Waals surface area contributed by atoms with Crippen LogP contribution in [0.4, 0.5) is 0 Å². The zero-order valence-corrected chi connectivity index (χ0v) is 10.4. The normalized spacial score (nSPS) is 10.2. The summed E-state index contributed by atoms with van der Waals surface area (Å²) in [7, 11) is 0. The van der Waals surface area contributed by atoms with Gasteiger partial charge in [0.15, 0.2) is 0 Å². The van der Waals surface area contributed by atoms with Crippen LogP contribution < -0.4 is 10.6 Å². The molecule has 0 atom stereocenters. The molecule has 0 spiro atoms. The van der Waals surface area contributed by atoms with Crippen LogP contribution in [0.1, 0.15) is 21.9 Å². The van der Waals surface area contributed by atoms with Crippen molar-refractivity contribution < 1.29 is 18.4 Å². The van der Waals surface area contributed by atoms with E-state index in [1.165, 1.54) is 12.5 Å². The molecule has 0 fully saturated rings. The fraction of sp³-hybridized carbons (Fsp3) is 0.231. The molecule has 0 unspecified atom stereocenters. The number of aryl methyl sites for hydroxylation is 1. The molecule has 2 N–H and O–H groups in total. The van der Waals surface area contributed by atoms with Crippen LogP contribution in [0.15, 0.2) is 39.6 Å². The minimum Gasteiger partial charge on any atom is -0.469 e. The summed E-state index contributed by atoms with van der Waals surface area (Å²) in [5.41, 5.74) is 0.429. The van der Waals surface area contributed by atoms with Crippen LogP contribution in [0.5, 0.6) is 0 Å². The number of carbonyl (C=O) groups is 2. The molecule has 100 valence electrons. The lowest BCUT2D eigenvalue weighted by atomic mass is 10.2. The molecular formula is C13H14N2O4. The van der Waals surface area contributed by atoms with Crippen LogP contribution in [-0.4, -0.2) is 18.4 Å². The molecule has 0 radical (unpaired) electrons. The molecule has 6 nitrogen and oxygen atoms in total. The molecule has 0 bridgehead atoms. The average Bonchev–Trinajstić information content (AvgIpc) is 3.04. The number of nitrogens with one attached hydrogen (secondary N) is 2. The Morgan fingerprint density at radius 1 is 1.16 bits per heavy atom. The van der Waals surface area contributed by atoms with Crippen molar-refractivity contribution in [3.63, 3.8) is 0 Å². The van der Waals surface area contributed by atoms with Crippen LogP contribution in [-0.2, 0) is 11.3 Å². The zero-order valence-electron chi connectivity index (χ0n) is 10.4. The highest BCUT2D eigenvalue weighted by molar-refractivity contribution is 5.97. The molecule has 19 heavy (non-hydrogen) atoms. The lowest BCUT2D eigenvalue weighted by Gasteiger charge is -2.05. The van der Waals surface area contributed by atoms with Crippen molar-refractivity contribution in [3.05, 3.63) is 47.8 Å². The Balaban J connectivity index is 1.74. The molecule has 0 aliphatic carbocycles. The van der Waals surface area contributed by atoms with E-state index < -0.39 is 0 Å². The average molecular weight is 262 g/mol. The Morgan fingerprint density at radius 2 is 2.00 bits per heavy atom. The molecule has 2 heterocycles.